The van der Waals surface area contributed by atoms with Gasteiger partial charge < -0.3 is 15.5 Å². The van der Waals surface area contributed by atoms with Crippen molar-refractivity contribution in [1.82, 2.24) is 15.5 Å². The number of nitrogens with zero attached hydrogens (tertiary/aromatic N) is 1. The summed E-state index contributed by atoms with van der Waals surface area (Å²) >= 11 is 0. The van der Waals surface area contributed by atoms with Crippen molar-refractivity contribution in [2.24, 2.45) is 5.92 Å². The van der Waals surface area contributed by atoms with Gasteiger partial charge in [0.2, 0.25) is 11.8 Å². The Morgan fingerprint density at radius 1 is 1.14 bits per heavy atom. The topological polar surface area (TPSA) is 61.4 Å². The van der Waals surface area contributed by atoms with E-state index in [-0.39, 0.29) is 41.7 Å². The molecular formula is C16H28ClN3O2. The lowest BCUT2D eigenvalue weighted by Crippen LogP contribution is -2.60. The van der Waals surface area contributed by atoms with Crippen LogP contribution >= 0.6 is 12.4 Å². The largest absolute Gasteiger partial charge is 0.353 e. The Balaban J connectivity index is 0.00000176. The van der Waals surface area contributed by atoms with Crippen molar-refractivity contribution in [3.63, 3.8) is 0 Å². The van der Waals surface area contributed by atoms with Crippen LogP contribution in [0.2, 0.25) is 0 Å². The van der Waals surface area contributed by atoms with Crippen LogP contribution in [0.1, 0.15) is 51.9 Å². The fourth-order valence-corrected chi connectivity index (χ4v) is 3.48. The van der Waals surface area contributed by atoms with Gasteiger partial charge in [0.25, 0.3) is 0 Å². The standard InChI is InChI=1S/C16H27N3O2.ClH/c1-16(8-2-3-9-17-16)15(21)19-10-6-13(7-11-19)18-14(20)12-4-5-12;/h12-13,17H,2-11H2,1H3,(H,18,20);1H. The number of carbonyl (C=O) groups is 2. The van der Waals surface area contributed by atoms with Crippen molar-refractivity contribution in [2.75, 3.05) is 19.6 Å². The molecule has 0 aromatic rings. The molecule has 2 heterocycles. The first kappa shape index (κ1) is 17.5. The maximum Gasteiger partial charge on any atom is 0.242 e. The van der Waals surface area contributed by atoms with Crippen LogP contribution in [0, 0.1) is 5.92 Å². The average Bonchev–Trinajstić information content (AvgIpc) is 3.33. The molecule has 2 N–H and O–H groups in total. The van der Waals surface area contributed by atoms with Crippen LogP contribution in [0.25, 0.3) is 0 Å². The Morgan fingerprint density at radius 3 is 2.36 bits per heavy atom. The van der Waals surface area contributed by atoms with Crippen LogP contribution in [-0.2, 0) is 9.59 Å². The highest BCUT2D eigenvalue weighted by atomic mass is 35.5. The molecule has 0 aromatic heterocycles. The number of hydrogen-bond donors (Lipinski definition) is 2. The SMILES string of the molecule is CC1(C(=O)N2CCC(NC(=O)C3CC3)CC2)CCCCN1.Cl. The monoisotopic (exact) mass is 329 g/mol. The Morgan fingerprint density at radius 2 is 1.82 bits per heavy atom. The summed E-state index contributed by atoms with van der Waals surface area (Å²) in [5.41, 5.74) is -0.373. The van der Waals surface area contributed by atoms with Gasteiger partial charge >= 0.3 is 0 Å². The third-order valence-electron chi connectivity index (χ3n) is 5.17. The number of hydrogen-bond acceptors (Lipinski definition) is 3. The molecule has 3 aliphatic rings. The van der Waals surface area contributed by atoms with E-state index in [4.69, 9.17) is 0 Å². The van der Waals surface area contributed by atoms with Crippen molar-refractivity contribution < 1.29 is 9.59 Å². The normalized spacial score (nSPS) is 29.6. The van der Waals surface area contributed by atoms with Crippen LogP contribution in [-0.4, -0.2) is 47.9 Å². The highest BCUT2D eigenvalue weighted by molar-refractivity contribution is 5.86. The molecule has 5 nitrogen and oxygen atoms in total. The van der Waals surface area contributed by atoms with E-state index in [9.17, 15) is 9.59 Å². The summed E-state index contributed by atoms with van der Waals surface area (Å²) < 4.78 is 0. The minimum absolute atomic E-state index is 0. The molecule has 126 valence electrons. The molecule has 2 saturated heterocycles. The van der Waals surface area contributed by atoms with Gasteiger partial charge in [-0.05, 0) is 58.4 Å². The van der Waals surface area contributed by atoms with Gasteiger partial charge in [-0.2, -0.15) is 0 Å². The smallest absolute Gasteiger partial charge is 0.242 e. The highest BCUT2D eigenvalue weighted by Crippen LogP contribution is 2.29. The second kappa shape index (κ2) is 7.18. The van der Waals surface area contributed by atoms with Crippen LogP contribution < -0.4 is 10.6 Å². The van der Waals surface area contributed by atoms with Crippen LogP contribution in [0.3, 0.4) is 0 Å². The van der Waals surface area contributed by atoms with Crippen LogP contribution in [0.5, 0.6) is 0 Å². The summed E-state index contributed by atoms with van der Waals surface area (Å²) in [4.78, 5) is 26.5. The van der Waals surface area contributed by atoms with Crippen molar-refractivity contribution in [3.05, 3.63) is 0 Å². The second-order valence-electron chi connectivity index (χ2n) is 7.07. The predicted octanol–water partition coefficient (Wildman–Crippen LogP) is 1.46. The van der Waals surface area contributed by atoms with Crippen molar-refractivity contribution in [3.8, 4) is 0 Å². The summed E-state index contributed by atoms with van der Waals surface area (Å²) in [6.45, 7) is 4.52. The number of halogens is 1. The van der Waals surface area contributed by atoms with Gasteiger partial charge in [0.05, 0.1) is 5.54 Å². The molecule has 0 spiro atoms. The molecular weight excluding hydrogens is 302 g/mol. The summed E-state index contributed by atoms with van der Waals surface area (Å²) in [5.74, 6) is 0.741. The first-order valence-electron chi connectivity index (χ1n) is 8.43. The molecule has 1 unspecified atom stereocenters. The number of piperidine rings is 2. The molecule has 0 aromatic carbocycles. The van der Waals surface area contributed by atoms with E-state index in [2.05, 4.69) is 10.6 Å². The molecule has 1 atom stereocenters. The summed E-state index contributed by atoms with van der Waals surface area (Å²) in [7, 11) is 0. The molecule has 3 fully saturated rings. The fourth-order valence-electron chi connectivity index (χ4n) is 3.48. The van der Waals surface area contributed by atoms with E-state index >= 15 is 0 Å². The third kappa shape index (κ3) is 3.93. The van der Waals surface area contributed by atoms with Crippen LogP contribution in [0.15, 0.2) is 0 Å². The lowest BCUT2D eigenvalue weighted by molar-refractivity contribution is -0.140. The zero-order chi connectivity index (χ0) is 14.9. The predicted molar refractivity (Wildman–Crippen MR) is 88.0 cm³/mol. The maximum absolute atomic E-state index is 12.7. The van der Waals surface area contributed by atoms with E-state index in [0.717, 1.165) is 64.6 Å². The van der Waals surface area contributed by atoms with Gasteiger partial charge in [-0.15, -0.1) is 12.4 Å². The Bertz CT molecular complexity index is 412. The molecule has 2 aliphatic heterocycles. The lowest BCUT2D eigenvalue weighted by Gasteiger charge is -2.40. The second-order valence-corrected chi connectivity index (χ2v) is 7.07. The molecule has 6 heteroatoms. The van der Waals surface area contributed by atoms with Gasteiger partial charge in [0.1, 0.15) is 0 Å². The Labute approximate surface area is 139 Å². The number of nitrogens with one attached hydrogen (secondary N) is 2. The Kier molecular flexibility index (Phi) is 5.72. The van der Waals surface area contributed by atoms with Crippen molar-refractivity contribution >= 4 is 24.2 Å². The maximum atomic E-state index is 12.7. The number of rotatable bonds is 3. The van der Waals surface area contributed by atoms with Gasteiger partial charge in [-0.25, -0.2) is 0 Å². The molecule has 0 bridgehead atoms. The van der Waals surface area contributed by atoms with Crippen molar-refractivity contribution in [1.29, 1.82) is 0 Å². The van der Waals surface area contributed by atoms with E-state index in [1.54, 1.807) is 0 Å². The quantitative estimate of drug-likeness (QED) is 0.824. The van der Waals surface area contributed by atoms with Gasteiger partial charge in [-0.1, -0.05) is 0 Å². The number of carbonyl (C=O) groups excluding carboxylic acids is 2. The molecule has 1 aliphatic carbocycles. The van der Waals surface area contributed by atoms with Crippen molar-refractivity contribution in [2.45, 2.75) is 63.5 Å². The molecule has 2 amide bonds. The summed E-state index contributed by atoms with van der Waals surface area (Å²) in [6, 6.07) is 0.259. The van der Waals surface area contributed by atoms with E-state index in [1.165, 1.54) is 0 Å². The van der Waals surface area contributed by atoms with E-state index < -0.39 is 0 Å². The molecule has 3 rings (SSSR count). The average molecular weight is 330 g/mol. The zero-order valence-corrected chi connectivity index (χ0v) is 14.2. The van der Waals surface area contributed by atoms with Crippen LogP contribution in [0.4, 0.5) is 0 Å². The number of likely N-dealkylation sites (tertiary alicyclic amines) is 1. The molecule has 0 radical (unpaired) electrons. The highest BCUT2D eigenvalue weighted by Gasteiger charge is 2.39. The van der Waals surface area contributed by atoms with Gasteiger partial charge in [0.15, 0.2) is 0 Å². The van der Waals surface area contributed by atoms with E-state index in [0.29, 0.717) is 0 Å². The summed E-state index contributed by atoms with van der Waals surface area (Å²) in [6.07, 6.45) is 7.10. The minimum atomic E-state index is -0.373. The summed E-state index contributed by atoms with van der Waals surface area (Å²) in [5, 5.41) is 6.54. The lowest BCUT2D eigenvalue weighted by atomic mass is 9.88. The molecule has 1 saturated carbocycles. The zero-order valence-electron chi connectivity index (χ0n) is 13.4. The Hall–Kier alpha value is -0.810. The minimum Gasteiger partial charge on any atom is -0.353 e. The first-order valence-corrected chi connectivity index (χ1v) is 8.43. The molecule has 22 heavy (non-hydrogen) atoms. The fraction of sp³-hybridized carbons (Fsp3) is 0.875. The van der Waals surface area contributed by atoms with E-state index in [1.807, 2.05) is 11.8 Å². The first-order chi connectivity index (χ1) is 10.1. The number of amides is 2. The third-order valence-corrected chi connectivity index (χ3v) is 5.17. The van der Waals surface area contributed by atoms with Gasteiger partial charge in [0, 0.05) is 25.0 Å². The van der Waals surface area contributed by atoms with Gasteiger partial charge in [-0.3, -0.25) is 9.59 Å².